The van der Waals surface area contributed by atoms with E-state index >= 15 is 0 Å². The van der Waals surface area contributed by atoms with Crippen molar-refractivity contribution in [3.63, 3.8) is 0 Å². The molecule has 0 spiro atoms. The molecule has 76 valence electrons. The standard InChI is InChI=1S/C11H8ClNO2/c12-11-4-3-8(7-13-11)6-9(14)10-2-1-5-15-10/h1-5,7H,6H2. The van der Waals surface area contributed by atoms with E-state index in [9.17, 15) is 4.79 Å². The highest BCUT2D eigenvalue weighted by Gasteiger charge is 2.09. The van der Waals surface area contributed by atoms with Crippen molar-refractivity contribution < 1.29 is 9.21 Å². The number of hydrogen-bond donors (Lipinski definition) is 0. The number of carbonyl (C=O) groups excluding carboxylic acids is 1. The summed E-state index contributed by atoms with van der Waals surface area (Å²) in [6, 6.07) is 6.77. The molecule has 0 unspecified atom stereocenters. The van der Waals surface area contributed by atoms with Crippen LogP contribution in [-0.2, 0) is 6.42 Å². The van der Waals surface area contributed by atoms with Gasteiger partial charge in [0.05, 0.1) is 6.26 Å². The summed E-state index contributed by atoms with van der Waals surface area (Å²) in [7, 11) is 0. The molecule has 0 N–H and O–H groups in total. The molecule has 0 aromatic carbocycles. The first-order valence-electron chi connectivity index (χ1n) is 4.43. The highest BCUT2D eigenvalue weighted by atomic mass is 35.5. The molecular weight excluding hydrogens is 214 g/mol. The minimum absolute atomic E-state index is 0.0656. The smallest absolute Gasteiger partial charge is 0.202 e. The number of nitrogens with zero attached hydrogens (tertiary/aromatic N) is 1. The summed E-state index contributed by atoms with van der Waals surface area (Å²) in [4.78, 5) is 15.5. The van der Waals surface area contributed by atoms with Gasteiger partial charge in [0.2, 0.25) is 5.78 Å². The minimum atomic E-state index is -0.0656. The Labute approximate surface area is 91.7 Å². The maximum atomic E-state index is 11.6. The van der Waals surface area contributed by atoms with Crippen LogP contribution in [0.3, 0.4) is 0 Å². The lowest BCUT2D eigenvalue weighted by Gasteiger charge is -1.97. The number of ketones is 1. The van der Waals surface area contributed by atoms with Crippen LogP contribution in [0.5, 0.6) is 0 Å². The summed E-state index contributed by atoms with van der Waals surface area (Å²) in [5, 5.41) is 0.421. The normalized spacial score (nSPS) is 10.2. The summed E-state index contributed by atoms with van der Waals surface area (Å²) in [6.45, 7) is 0. The topological polar surface area (TPSA) is 43.1 Å². The Morgan fingerprint density at radius 1 is 1.40 bits per heavy atom. The second-order valence-electron chi connectivity index (χ2n) is 3.07. The van der Waals surface area contributed by atoms with Crippen molar-refractivity contribution in [2.24, 2.45) is 0 Å². The lowest BCUT2D eigenvalue weighted by atomic mass is 10.1. The van der Waals surface area contributed by atoms with E-state index in [-0.39, 0.29) is 12.2 Å². The molecule has 2 aromatic heterocycles. The molecule has 0 saturated heterocycles. The van der Waals surface area contributed by atoms with E-state index in [1.807, 2.05) is 0 Å². The first-order chi connectivity index (χ1) is 7.25. The highest BCUT2D eigenvalue weighted by molar-refractivity contribution is 6.29. The van der Waals surface area contributed by atoms with Gasteiger partial charge in [-0.1, -0.05) is 17.7 Å². The van der Waals surface area contributed by atoms with Crippen molar-refractivity contribution in [3.8, 4) is 0 Å². The van der Waals surface area contributed by atoms with Gasteiger partial charge in [0.25, 0.3) is 0 Å². The average molecular weight is 222 g/mol. The molecule has 0 atom stereocenters. The van der Waals surface area contributed by atoms with Crippen molar-refractivity contribution >= 4 is 17.4 Å². The molecular formula is C11H8ClNO2. The number of Topliss-reactive ketones (excluding diaryl/α,β-unsaturated/α-hetero) is 1. The first kappa shape index (κ1) is 9.93. The number of carbonyl (C=O) groups is 1. The van der Waals surface area contributed by atoms with E-state index < -0.39 is 0 Å². The van der Waals surface area contributed by atoms with Gasteiger partial charge in [-0.25, -0.2) is 4.98 Å². The molecule has 0 radical (unpaired) electrons. The molecule has 3 nitrogen and oxygen atoms in total. The van der Waals surface area contributed by atoms with Gasteiger partial charge in [0, 0.05) is 12.6 Å². The quantitative estimate of drug-likeness (QED) is 0.591. The predicted molar refractivity (Wildman–Crippen MR) is 56.0 cm³/mol. The van der Waals surface area contributed by atoms with Crippen LogP contribution in [0.1, 0.15) is 16.1 Å². The van der Waals surface area contributed by atoms with Crippen LogP contribution in [-0.4, -0.2) is 10.8 Å². The zero-order chi connectivity index (χ0) is 10.7. The molecule has 0 amide bonds. The Kier molecular flexibility index (Phi) is 2.83. The number of aromatic nitrogens is 1. The lowest BCUT2D eigenvalue weighted by molar-refractivity contribution is 0.0966. The van der Waals surface area contributed by atoms with E-state index in [2.05, 4.69) is 4.98 Å². The number of furan rings is 1. The Hall–Kier alpha value is -1.61. The van der Waals surface area contributed by atoms with Crippen molar-refractivity contribution in [2.45, 2.75) is 6.42 Å². The summed E-state index contributed by atoms with van der Waals surface area (Å²) in [5.74, 6) is 0.300. The largest absolute Gasteiger partial charge is 0.461 e. The SMILES string of the molecule is O=C(Cc1ccc(Cl)nc1)c1ccco1. The summed E-state index contributed by atoms with van der Waals surface area (Å²) < 4.78 is 5.00. The molecule has 0 aliphatic carbocycles. The predicted octanol–water partition coefficient (Wildman–Crippen LogP) is 2.75. The summed E-state index contributed by atoms with van der Waals surface area (Å²) in [5.41, 5.74) is 0.820. The van der Waals surface area contributed by atoms with Crippen LogP contribution in [0.4, 0.5) is 0 Å². The van der Waals surface area contributed by atoms with Gasteiger partial charge >= 0.3 is 0 Å². The molecule has 0 fully saturated rings. The van der Waals surface area contributed by atoms with Crippen LogP contribution in [0.25, 0.3) is 0 Å². The van der Waals surface area contributed by atoms with E-state index in [1.54, 1.807) is 30.5 Å². The maximum absolute atomic E-state index is 11.6. The lowest BCUT2D eigenvalue weighted by Crippen LogP contribution is -2.02. The van der Waals surface area contributed by atoms with Crippen molar-refractivity contribution in [1.82, 2.24) is 4.98 Å². The fourth-order valence-electron chi connectivity index (χ4n) is 1.22. The Morgan fingerprint density at radius 3 is 2.87 bits per heavy atom. The van der Waals surface area contributed by atoms with Gasteiger partial charge in [-0.2, -0.15) is 0 Å². The van der Waals surface area contributed by atoms with Gasteiger partial charge in [-0.05, 0) is 23.8 Å². The monoisotopic (exact) mass is 221 g/mol. The van der Waals surface area contributed by atoms with Gasteiger partial charge in [-0.3, -0.25) is 4.79 Å². The van der Waals surface area contributed by atoms with Crippen LogP contribution in [0.15, 0.2) is 41.1 Å². The average Bonchev–Trinajstić information content (AvgIpc) is 2.74. The third kappa shape index (κ3) is 2.44. The number of halogens is 1. The molecule has 0 aliphatic heterocycles. The van der Waals surface area contributed by atoms with Gasteiger partial charge in [0.15, 0.2) is 5.76 Å². The number of hydrogen-bond acceptors (Lipinski definition) is 3. The number of pyridine rings is 1. The zero-order valence-electron chi connectivity index (χ0n) is 7.81. The van der Waals surface area contributed by atoms with Crippen molar-refractivity contribution in [2.75, 3.05) is 0 Å². The Balaban J connectivity index is 2.09. The zero-order valence-corrected chi connectivity index (χ0v) is 8.57. The molecule has 2 heterocycles. The van der Waals surface area contributed by atoms with Crippen molar-refractivity contribution in [1.29, 1.82) is 0 Å². The second kappa shape index (κ2) is 4.28. The van der Waals surface area contributed by atoms with Crippen LogP contribution >= 0.6 is 11.6 Å². The van der Waals surface area contributed by atoms with Crippen LogP contribution in [0.2, 0.25) is 5.15 Å². The molecule has 0 aliphatic rings. The van der Waals surface area contributed by atoms with Crippen LogP contribution in [0, 0.1) is 0 Å². The summed E-state index contributed by atoms with van der Waals surface area (Å²) >= 11 is 5.63. The Bertz CT molecular complexity index is 448. The fraction of sp³-hybridized carbons (Fsp3) is 0.0909. The molecule has 4 heteroatoms. The molecule has 2 rings (SSSR count). The van der Waals surface area contributed by atoms with E-state index in [0.29, 0.717) is 10.9 Å². The van der Waals surface area contributed by atoms with E-state index in [0.717, 1.165) is 5.56 Å². The van der Waals surface area contributed by atoms with Crippen molar-refractivity contribution in [3.05, 3.63) is 53.2 Å². The third-order valence-corrected chi connectivity index (χ3v) is 2.17. The maximum Gasteiger partial charge on any atom is 0.202 e. The second-order valence-corrected chi connectivity index (χ2v) is 3.45. The number of rotatable bonds is 3. The summed E-state index contributed by atoms with van der Waals surface area (Å²) in [6.07, 6.45) is 3.34. The molecule has 0 saturated carbocycles. The molecule has 15 heavy (non-hydrogen) atoms. The van der Waals surface area contributed by atoms with E-state index in [4.69, 9.17) is 16.0 Å². The molecule has 2 aromatic rings. The Morgan fingerprint density at radius 2 is 2.27 bits per heavy atom. The van der Waals surface area contributed by atoms with Crippen LogP contribution < -0.4 is 0 Å². The van der Waals surface area contributed by atoms with Gasteiger partial charge in [0.1, 0.15) is 5.15 Å². The molecule has 0 bridgehead atoms. The highest BCUT2D eigenvalue weighted by Crippen LogP contribution is 2.09. The minimum Gasteiger partial charge on any atom is -0.461 e. The third-order valence-electron chi connectivity index (χ3n) is 1.95. The first-order valence-corrected chi connectivity index (χ1v) is 4.80. The van der Waals surface area contributed by atoms with Gasteiger partial charge in [-0.15, -0.1) is 0 Å². The van der Waals surface area contributed by atoms with E-state index in [1.165, 1.54) is 6.26 Å². The fourth-order valence-corrected chi connectivity index (χ4v) is 1.33. The van der Waals surface area contributed by atoms with Gasteiger partial charge < -0.3 is 4.42 Å².